The second-order valence-corrected chi connectivity index (χ2v) is 7.63. The predicted octanol–water partition coefficient (Wildman–Crippen LogP) is 2.69. The molecule has 3 rings (SSSR count). The number of unbranched alkanes of at least 4 members (excludes halogenated alkanes) is 1. The number of carboxylic acid groups (broad SMARTS) is 2. The zero-order chi connectivity index (χ0) is 22.6. The van der Waals surface area contributed by atoms with Crippen molar-refractivity contribution >= 4 is 28.7 Å². The van der Waals surface area contributed by atoms with Crippen molar-refractivity contribution in [3.63, 3.8) is 0 Å². The Morgan fingerprint density at radius 1 is 1.06 bits per heavy atom. The number of benzene rings is 1. The number of piperazine rings is 1. The Kier molecular flexibility index (Phi) is 9.93. The summed E-state index contributed by atoms with van der Waals surface area (Å²) in [7, 11) is 2.21. The molecule has 2 heterocycles. The molecule has 0 atom stereocenters. The minimum Gasteiger partial charge on any atom is -0.478 e. The van der Waals surface area contributed by atoms with Crippen LogP contribution in [-0.4, -0.2) is 83.3 Å². The van der Waals surface area contributed by atoms with Gasteiger partial charge in [0.25, 0.3) is 0 Å². The van der Waals surface area contributed by atoms with Crippen molar-refractivity contribution in [1.82, 2.24) is 14.8 Å². The van der Waals surface area contributed by atoms with E-state index in [9.17, 15) is 9.59 Å². The summed E-state index contributed by atoms with van der Waals surface area (Å²) in [5.74, 6) is -1.51. The van der Waals surface area contributed by atoms with E-state index in [4.69, 9.17) is 15.2 Å². The third kappa shape index (κ3) is 9.15. The smallest absolute Gasteiger partial charge is 0.328 e. The normalized spacial score (nSPS) is 14.9. The van der Waals surface area contributed by atoms with Crippen LogP contribution >= 0.6 is 0 Å². The van der Waals surface area contributed by atoms with Gasteiger partial charge in [-0.05, 0) is 51.1 Å². The lowest BCUT2D eigenvalue weighted by Gasteiger charge is -2.32. The van der Waals surface area contributed by atoms with Crippen molar-refractivity contribution in [3.8, 4) is 0 Å². The summed E-state index contributed by atoms with van der Waals surface area (Å²) < 4.78 is 0. The number of likely N-dealkylation sites (N-methyl/N-ethyl adjacent to an activating group) is 1. The molecule has 0 unspecified atom stereocenters. The first kappa shape index (κ1) is 24.3. The number of para-hydroxylation sites is 1. The third-order valence-electron chi connectivity index (χ3n) is 5.09. The van der Waals surface area contributed by atoms with Gasteiger partial charge in [-0.3, -0.25) is 0 Å². The number of hydrogen-bond donors (Lipinski definition) is 3. The molecule has 0 radical (unpaired) electrons. The number of fused-ring (bicyclic) bond motifs is 1. The zero-order valence-electron chi connectivity index (χ0n) is 18.3. The average Bonchev–Trinajstić information content (AvgIpc) is 2.74. The molecule has 1 aliphatic heterocycles. The lowest BCUT2D eigenvalue weighted by Crippen LogP contribution is -2.44. The molecule has 0 spiro atoms. The first-order valence-corrected chi connectivity index (χ1v) is 10.5. The molecule has 0 saturated carbocycles. The minimum atomic E-state index is -1.26. The molecule has 31 heavy (non-hydrogen) atoms. The van der Waals surface area contributed by atoms with Gasteiger partial charge in [-0.15, -0.1) is 0 Å². The Labute approximate surface area is 183 Å². The summed E-state index contributed by atoms with van der Waals surface area (Å²) in [6.07, 6.45) is 3.56. The van der Waals surface area contributed by atoms with Gasteiger partial charge in [-0.25, -0.2) is 14.6 Å². The molecule has 8 nitrogen and oxygen atoms in total. The van der Waals surface area contributed by atoms with Crippen molar-refractivity contribution in [2.24, 2.45) is 0 Å². The molecule has 1 aromatic carbocycles. The Morgan fingerprint density at radius 3 is 2.35 bits per heavy atom. The third-order valence-corrected chi connectivity index (χ3v) is 5.09. The van der Waals surface area contributed by atoms with Gasteiger partial charge in [-0.1, -0.05) is 18.2 Å². The highest BCUT2D eigenvalue weighted by Gasteiger charge is 2.12. The van der Waals surface area contributed by atoms with Gasteiger partial charge in [-0.2, -0.15) is 0 Å². The van der Waals surface area contributed by atoms with Gasteiger partial charge in [0.2, 0.25) is 0 Å². The number of carbonyl (C=O) groups is 2. The maximum Gasteiger partial charge on any atom is 0.328 e. The van der Waals surface area contributed by atoms with E-state index >= 15 is 0 Å². The number of rotatable bonds is 8. The van der Waals surface area contributed by atoms with Gasteiger partial charge in [0, 0.05) is 50.3 Å². The fraction of sp³-hybridized carbons (Fsp3) is 0.435. The van der Waals surface area contributed by atoms with Gasteiger partial charge >= 0.3 is 11.9 Å². The number of nitrogens with one attached hydrogen (secondary N) is 1. The number of anilines is 1. The Hall–Kier alpha value is -2.97. The van der Waals surface area contributed by atoms with E-state index in [0.29, 0.717) is 12.2 Å². The van der Waals surface area contributed by atoms with Crippen LogP contribution < -0.4 is 5.32 Å². The van der Waals surface area contributed by atoms with Crippen LogP contribution in [0.25, 0.3) is 10.9 Å². The number of carboxylic acids is 2. The highest BCUT2D eigenvalue weighted by molar-refractivity contribution is 5.89. The predicted molar refractivity (Wildman–Crippen MR) is 123 cm³/mol. The molecule has 0 aliphatic carbocycles. The standard InChI is InChI=1S/C19H28N4.C4H4O4/c1-16-15-19(21-18-8-4-3-7-17(16)18)20-9-5-6-10-23-13-11-22(2)12-14-23;5-3(6)1-2-4(7)8/h3-4,7-8,15H,5-6,9-14H2,1-2H3,(H,20,21);1-2H,(H,5,6)(H,7,8)/b;2-1+. The maximum atomic E-state index is 9.55. The van der Waals surface area contributed by atoms with E-state index in [0.717, 1.165) is 17.9 Å². The van der Waals surface area contributed by atoms with Crippen LogP contribution in [0.2, 0.25) is 0 Å². The second-order valence-electron chi connectivity index (χ2n) is 7.63. The van der Waals surface area contributed by atoms with Crippen molar-refractivity contribution in [2.75, 3.05) is 51.6 Å². The lowest BCUT2D eigenvalue weighted by molar-refractivity contribution is -0.134. The van der Waals surface area contributed by atoms with Crippen molar-refractivity contribution < 1.29 is 19.8 Å². The molecule has 3 N–H and O–H groups in total. The van der Waals surface area contributed by atoms with Crippen LogP contribution in [-0.2, 0) is 9.59 Å². The van der Waals surface area contributed by atoms with E-state index in [1.807, 2.05) is 0 Å². The highest BCUT2D eigenvalue weighted by atomic mass is 16.4. The molecule has 1 fully saturated rings. The summed E-state index contributed by atoms with van der Waals surface area (Å²) in [5.41, 5.74) is 2.36. The van der Waals surface area contributed by atoms with Crippen molar-refractivity contribution in [2.45, 2.75) is 19.8 Å². The van der Waals surface area contributed by atoms with Crippen molar-refractivity contribution in [1.29, 1.82) is 0 Å². The fourth-order valence-corrected chi connectivity index (χ4v) is 3.33. The lowest BCUT2D eigenvalue weighted by atomic mass is 10.1. The quantitative estimate of drug-likeness (QED) is 0.435. The van der Waals surface area contributed by atoms with Crippen LogP contribution in [0.3, 0.4) is 0 Å². The Morgan fingerprint density at radius 2 is 1.71 bits per heavy atom. The SMILES string of the molecule is Cc1cc(NCCCCN2CCN(C)CC2)nc2ccccc12.O=C(O)/C=C/C(=O)O. The minimum absolute atomic E-state index is 0.558. The number of aryl methyl sites for hydroxylation is 1. The van der Waals surface area contributed by atoms with Crippen LogP contribution in [0.15, 0.2) is 42.5 Å². The molecule has 2 aromatic rings. The number of aliphatic carboxylic acids is 2. The topological polar surface area (TPSA) is 106 Å². The summed E-state index contributed by atoms with van der Waals surface area (Å²) in [6.45, 7) is 9.22. The first-order chi connectivity index (χ1) is 14.8. The number of hydrogen-bond acceptors (Lipinski definition) is 6. The van der Waals surface area contributed by atoms with E-state index in [-0.39, 0.29) is 0 Å². The largest absolute Gasteiger partial charge is 0.478 e. The van der Waals surface area contributed by atoms with Gasteiger partial charge in [0.05, 0.1) is 5.52 Å². The average molecular weight is 429 g/mol. The first-order valence-electron chi connectivity index (χ1n) is 10.5. The molecular formula is C23H32N4O4. The molecule has 1 aromatic heterocycles. The zero-order valence-corrected chi connectivity index (χ0v) is 18.3. The van der Waals surface area contributed by atoms with E-state index in [1.165, 1.54) is 56.5 Å². The van der Waals surface area contributed by atoms with Crippen molar-refractivity contribution in [3.05, 3.63) is 48.0 Å². The van der Waals surface area contributed by atoms with Gasteiger partial charge < -0.3 is 25.3 Å². The van der Waals surface area contributed by atoms with Gasteiger partial charge in [0.15, 0.2) is 0 Å². The Balaban J connectivity index is 0.000000366. The van der Waals surface area contributed by atoms with E-state index in [1.54, 1.807) is 0 Å². The molecular weight excluding hydrogens is 396 g/mol. The summed E-state index contributed by atoms with van der Waals surface area (Å²) in [5, 5.41) is 20.4. The van der Waals surface area contributed by atoms with Crippen LogP contribution in [0.4, 0.5) is 5.82 Å². The molecule has 1 aliphatic rings. The number of pyridine rings is 1. The van der Waals surface area contributed by atoms with Crippen LogP contribution in [0, 0.1) is 6.92 Å². The number of aromatic nitrogens is 1. The van der Waals surface area contributed by atoms with Crippen LogP contribution in [0.1, 0.15) is 18.4 Å². The highest BCUT2D eigenvalue weighted by Crippen LogP contribution is 2.19. The maximum absolute atomic E-state index is 9.55. The Bertz CT molecular complexity index is 876. The summed E-state index contributed by atoms with van der Waals surface area (Å²) >= 11 is 0. The molecule has 8 heteroatoms. The van der Waals surface area contributed by atoms with E-state index < -0.39 is 11.9 Å². The monoisotopic (exact) mass is 428 g/mol. The molecule has 0 bridgehead atoms. The van der Waals surface area contributed by atoms with Gasteiger partial charge in [0.1, 0.15) is 5.82 Å². The summed E-state index contributed by atoms with van der Waals surface area (Å²) in [6, 6.07) is 10.5. The molecule has 1 saturated heterocycles. The second kappa shape index (κ2) is 12.7. The fourth-order valence-electron chi connectivity index (χ4n) is 3.33. The summed E-state index contributed by atoms with van der Waals surface area (Å²) in [4.78, 5) is 28.8. The van der Waals surface area contributed by atoms with E-state index in [2.05, 4.69) is 59.4 Å². The number of nitrogens with zero attached hydrogens (tertiary/aromatic N) is 3. The molecule has 0 amide bonds. The molecule has 168 valence electrons. The van der Waals surface area contributed by atoms with Crippen LogP contribution in [0.5, 0.6) is 0 Å².